The monoisotopic (exact) mass is 374 g/mol. The maximum Gasteiger partial charge on any atom is 0.103 e. The molecular weight excluding hydrogens is 332 g/mol. The summed E-state index contributed by atoms with van der Waals surface area (Å²) in [4.78, 5) is 10.0. The molecule has 0 radical (unpaired) electrons. The first-order valence-corrected chi connectivity index (χ1v) is 10.4. The number of ether oxygens (including phenoxy) is 2. The zero-order chi connectivity index (χ0) is 19.1. The Kier molecular flexibility index (Phi) is 22.2. The van der Waals surface area contributed by atoms with Crippen LogP contribution in [-0.4, -0.2) is 51.4 Å². The Hall–Kier alpha value is -0.460. The lowest BCUT2D eigenvalue weighted by Crippen LogP contribution is -2.01. The summed E-state index contributed by atoms with van der Waals surface area (Å²) >= 11 is 0. The second-order valence-corrected chi connectivity index (χ2v) is 6.88. The molecule has 0 spiro atoms. The molecule has 0 atom stereocenters. The molecule has 0 bridgehead atoms. The van der Waals surface area contributed by atoms with E-state index in [0.717, 1.165) is 83.4 Å². The quantitative estimate of drug-likeness (QED) is 0.127. The Morgan fingerprint density at radius 2 is 1.04 bits per heavy atom. The first-order valence-electron chi connectivity index (χ1n) is 10.4. The van der Waals surface area contributed by atoms with Crippen LogP contribution in [0.3, 0.4) is 0 Å². The molecule has 0 aliphatic heterocycles. The lowest BCUT2D eigenvalue weighted by molar-refractivity contribution is -0.288. The first-order chi connectivity index (χ1) is 12.8. The summed E-state index contributed by atoms with van der Waals surface area (Å²) < 4.78 is 11.3. The van der Waals surface area contributed by atoms with Gasteiger partial charge < -0.3 is 14.6 Å². The van der Waals surface area contributed by atoms with Gasteiger partial charge in [0, 0.05) is 33.0 Å². The molecule has 1 N–H and O–H groups in total. The molecule has 0 fully saturated rings. The van der Waals surface area contributed by atoms with Crippen LogP contribution in [0.2, 0.25) is 0 Å². The van der Waals surface area contributed by atoms with Gasteiger partial charge >= 0.3 is 0 Å². The first kappa shape index (κ1) is 25.5. The fraction of sp³-hybridized carbons (Fsp3) is 0.905. The molecule has 0 aromatic carbocycles. The van der Waals surface area contributed by atoms with Crippen LogP contribution >= 0.6 is 0 Å². The highest BCUT2D eigenvalue weighted by atomic mass is 17.2. The second-order valence-electron chi connectivity index (χ2n) is 6.88. The summed E-state index contributed by atoms with van der Waals surface area (Å²) in [6.07, 6.45) is 12.2. The minimum atomic E-state index is 0.320. The molecule has 0 rings (SSSR count). The van der Waals surface area contributed by atoms with E-state index in [1.54, 1.807) is 0 Å². The van der Waals surface area contributed by atoms with Crippen molar-refractivity contribution in [3.8, 4) is 0 Å². The van der Waals surface area contributed by atoms with Gasteiger partial charge in [0.25, 0.3) is 0 Å². The molecule has 0 aromatic rings. The summed E-state index contributed by atoms with van der Waals surface area (Å²) in [7, 11) is 0. The van der Waals surface area contributed by atoms with Gasteiger partial charge in [-0.3, -0.25) is 0 Å². The van der Waals surface area contributed by atoms with Gasteiger partial charge in [-0.15, -0.1) is 0 Å². The van der Waals surface area contributed by atoms with Crippen LogP contribution in [0.1, 0.15) is 77.6 Å². The van der Waals surface area contributed by atoms with Crippen molar-refractivity contribution >= 4 is 0 Å². The summed E-state index contributed by atoms with van der Waals surface area (Å²) in [6.45, 7) is 10.5. The molecule has 0 amide bonds. The van der Waals surface area contributed by atoms with Crippen molar-refractivity contribution < 1.29 is 24.4 Å². The number of aliphatic hydroxyl groups is 1. The topological polar surface area (TPSA) is 57.2 Å². The third-order valence-electron chi connectivity index (χ3n) is 3.93. The van der Waals surface area contributed by atoms with Crippen molar-refractivity contribution in [3.63, 3.8) is 0 Å². The third-order valence-corrected chi connectivity index (χ3v) is 3.93. The molecule has 0 saturated carbocycles. The van der Waals surface area contributed by atoms with Crippen molar-refractivity contribution in [2.24, 2.45) is 0 Å². The van der Waals surface area contributed by atoms with E-state index in [2.05, 4.69) is 6.58 Å². The smallest absolute Gasteiger partial charge is 0.103 e. The molecule has 5 heteroatoms. The Morgan fingerprint density at radius 3 is 1.54 bits per heavy atom. The van der Waals surface area contributed by atoms with Crippen LogP contribution < -0.4 is 0 Å². The van der Waals surface area contributed by atoms with Crippen LogP contribution in [0.15, 0.2) is 12.2 Å². The van der Waals surface area contributed by atoms with E-state index in [1.165, 1.54) is 19.3 Å². The number of unbranched alkanes of at least 4 members (excludes halogenated alkanes) is 8. The number of hydrogen-bond acceptors (Lipinski definition) is 5. The highest BCUT2D eigenvalue weighted by molar-refractivity contribution is 4.86. The average Bonchev–Trinajstić information content (AvgIpc) is 2.62. The van der Waals surface area contributed by atoms with E-state index in [1.807, 2.05) is 6.92 Å². The molecule has 0 heterocycles. The van der Waals surface area contributed by atoms with E-state index >= 15 is 0 Å². The number of rotatable bonds is 22. The number of aliphatic hydroxyl groups excluding tert-OH is 1. The van der Waals surface area contributed by atoms with Gasteiger partial charge in [0.15, 0.2) is 0 Å². The normalized spacial score (nSPS) is 11.2. The van der Waals surface area contributed by atoms with Gasteiger partial charge in [0.2, 0.25) is 0 Å². The van der Waals surface area contributed by atoms with E-state index in [0.29, 0.717) is 19.8 Å². The van der Waals surface area contributed by atoms with Crippen molar-refractivity contribution in [2.75, 3.05) is 46.2 Å². The van der Waals surface area contributed by atoms with Crippen LogP contribution in [0, 0.1) is 0 Å². The fourth-order valence-electron chi connectivity index (χ4n) is 2.38. The molecule has 0 aliphatic rings. The maximum absolute atomic E-state index is 8.69. The van der Waals surface area contributed by atoms with Crippen molar-refractivity contribution in [3.05, 3.63) is 12.2 Å². The zero-order valence-electron chi connectivity index (χ0n) is 17.0. The largest absolute Gasteiger partial charge is 0.396 e. The van der Waals surface area contributed by atoms with Gasteiger partial charge in [0.05, 0.1) is 6.61 Å². The maximum atomic E-state index is 8.69. The molecule has 0 aliphatic carbocycles. The fourth-order valence-corrected chi connectivity index (χ4v) is 2.38. The molecule has 0 aromatic heterocycles. The summed E-state index contributed by atoms with van der Waals surface area (Å²) in [5.41, 5.74) is 0.968. The van der Waals surface area contributed by atoms with Crippen LogP contribution in [-0.2, 0) is 19.2 Å². The van der Waals surface area contributed by atoms with Gasteiger partial charge in [-0.1, -0.05) is 31.4 Å². The standard InChI is InChI=1S/C21H42O5/c1-21(2)20-26-25-19-13-7-12-18-24-17-11-6-10-16-23-15-9-5-3-4-8-14-22/h22H,1,3-20H2,2H3. The minimum Gasteiger partial charge on any atom is -0.396 e. The highest BCUT2D eigenvalue weighted by Gasteiger charge is 1.95. The van der Waals surface area contributed by atoms with Gasteiger partial charge in [-0.2, -0.15) is 0 Å². The van der Waals surface area contributed by atoms with Gasteiger partial charge in [-0.05, 0) is 58.3 Å². The average molecular weight is 375 g/mol. The molecule has 0 unspecified atom stereocenters. The van der Waals surface area contributed by atoms with Crippen LogP contribution in [0.5, 0.6) is 0 Å². The molecule has 5 nitrogen and oxygen atoms in total. The predicted octanol–water partition coefficient (Wildman–Crippen LogP) is 4.83. The molecule has 26 heavy (non-hydrogen) atoms. The van der Waals surface area contributed by atoms with E-state index in [9.17, 15) is 0 Å². The molecule has 156 valence electrons. The third kappa shape index (κ3) is 23.5. The second kappa shape index (κ2) is 22.6. The zero-order valence-corrected chi connectivity index (χ0v) is 17.0. The Labute approximate surface area is 161 Å². The van der Waals surface area contributed by atoms with Crippen molar-refractivity contribution in [1.82, 2.24) is 0 Å². The predicted molar refractivity (Wildman–Crippen MR) is 106 cm³/mol. The van der Waals surface area contributed by atoms with Gasteiger partial charge in [0.1, 0.15) is 6.61 Å². The van der Waals surface area contributed by atoms with E-state index < -0.39 is 0 Å². The lowest BCUT2D eigenvalue weighted by atomic mass is 10.1. The van der Waals surface area contributed by atoms with E-state index in [4.69, 9.17) is 24.4 Å². The molecule has 0 saturated heterocycles. The summed E-state index contributed by atoms with van der Waals surface area (Å²) in [5.74, 6) is 0. The van der Waals surface area contributed by atoms with E-state index in [-0.39, 0.29) is 0 Å². The Balaban J connectivity index is 2.98. The van der Waals surface area contributed by atoms with Crippen LogP contribution in [0.4, 0.5) is 0 Å². The summed E-state index contributed by atoms with van der Waals surface area (Å²) in [5, 5.41) is 8.69. The molecular formula is C21H42O5. The van der Waals surface area contributed by atoms with Crippen molar-refractivity contribution in [2.45, 2.75) is 77.6 Å². The minimum absolute atomic E-state index is 0.320. The lowest BCUT2D eigenvalue weighted by Gasteiger charge is -2.06. The summed E-state index contributed by atoms with van der Waals surface area (Å²) in [6, 6.07) is 0. The number of hydrogen-bond donors (Lipinski definition) is 1. The Morgan fingerprint density at radius 1 is 0.615 bits per heavy atom. The Bertz CT molecular complexity index is 284. The van der Waals surface area contributed by atoms with Crippen molar-refractivity contribution in [1.29, 1.82) is 0 Å². The van der Waals surface area contributed by atoms with Crippen LogP contribution in [0.25, 0.3) is 0 Å². The van der Waals surface area contributed by atoms with Gasteiger partial charge in [-0.25, -0.2) is 9.78 Å². The highest BCUT2D eigenvalue weighted by Crippen LogP contribution is 2.04. The SMILES string of the molecule is C=C(C)COOCCCCCOCCCCCOCCCCCCCO.